The molecule has 1 amide bonds. The monoisotopic (exact) mass is 295 g/mol. The Balaban J connectivity index is 2.55. The summed E-state index contributed by atoms with van der Waals surface area (Å²) in [5, 5.41) is 12.2. The van der Waals surface area contributed by atoms with Gasteiger partial charge in [-0.05, 0) is 38.5 Å². The first-order chi connectivity index (χ1) is 9.28. The second kappa shape index (κ2) is 6.78. The molecular formula is C14H24F3NO2. The standard InChI is InChI=1S/C14H24F3NO2/c1-3-13(4-2,9-19)18-12(20)10-5-7-11(8-6-10)14(15,16)17/h10-11,19H,3-9H2,1-2H3,(H,18,20). The fourth-order valence-corrected chi connectivity index (χ4v) is 2.74. The maximum absolute atomic E-state index is 12.6. The summed E-state index contributed by atoms with van der Waals surface area (Å²) in [6.07, 6.45) is -2.37. The molecule has 0 saturated heterocycles. The molecule has 1 aliphatic carbocycles. The number of rotatable bonds is 5. The molecule has 0 aromatic heterocycles. The minimum absolute atomic E-state index is 0.0198. The second-order valence-electron chi connectivity index (χ2n) is 5.72. The number of aliphatic hydroxyl groups excluding tert-OH is 1. The third-order valence-electron chi connectivity index (χ3n) is 4.61. The second-order valence-corrected chi connectivity index (χ2v) is 5.72. The lowest BCUT2D eigenvalue weighted by atomic mass is 9.80. The van der Waals surface area contributed by atoms with Gasteiger partial charge < -0.3 is 10.4 Å². The van der Waals surface area contributed by atoms with Crippen LogP contribution >= 0.6 is 0 Å². The molecule has 0 aromatic rings. The van der Waals surface area contributed by atoms with Crippen molar-refractivity contribution in [1.29, 1.82) is 0 Å². The van der Waals surface area contributed by atoms with Gasteiger partial charge in [0.05, 0.1) is 18.1 Å². The fraction of sp³-hybridized carbons (Fsp3) is 0.929. The highest BCUT2D eigenvalue weighted by molar-refractivity contribution is 5.79. The van der Waals surface area contributed by atoms with Crippen LogP contribution in [0.4, 0.5) is 13.2 Å². The highest BCUT2D eigenvalue weighted by Gasteiger charge is 2.43. The molecule has 0 bridgehead atoms. The zero-order valence-corrected chi connectivity index (χ0v) is 12.1. The predicted molar refractivity (Wildman–Crippen MR) is 70.0 cm³/mol. The molecule has 0 aliphatic heterocycles. The maximum atomic E-state index is 12.6. The highest BCUT2D eigenvalue weighted by atomic mass is 19.4. The van der Waals surface area contributed by atoms with Crippen molar-refractivity contribution in [2.75, 3.05) is 6.61 Å². The van der Waals surface area contributed by atoms with Crippen LogP contribution in [0.3, 0.4) is 0 Å². The van der Waals surface area contributed by atoms with Gasteiger partial charge in [-0.2, -0.15) is 13.2 Å². The van der Waals surface area contributed by atoms with Crippen molar-refractivity contribution in [1.82, 2.24) is 5.32 Å². The van der Waals surface area contributed by atoms with Gasteiger partial charge >= 0.3 is 6.18 Å². The molecule has 0 aromatic carbocycles. The molecule has 2 N–H and O–H groups in total. The van der Waals surface area contributed by atoms with Gasteiger partial charge in [0.1, 0.15) is 0 Å². The van der Waals surface area contributed by atoms with Gasteiger partial charge in [0, 0.05) is 5.92 Å². The van der Waals surface area contributed by atoms with Crippen LogP contribution in [0.25, 0.3) is 0 Å². The molecule has 1 aliphatic rings. The highest BCUT2D eigenvalue weighted by Crippen LogP contribution is 2.39. The van der Waals surface area contributed by atoms with Crippen molar-refractivity contribution < 1.29 is 23.1 Å². The molecule has 20 heavy (non-hydrogen) atoms. The van der Waals surface area contributed by atoms with Gasteiger partial charge in [-0.1, -0.05) is 13.8 Å². The Labute approximate surface area is 117 Å². The number of carbonyl (C=O) groups excluding carboxylic acids is 1. The lowest BCUT2D eigenvalue weighted by molar-refractivity contribution is -0.184. The topological polar surface area (TPSA) is 49.3 Å². The minimum atomic E-state index is -4.15. The van der Waals surface area contributed by atoms with Crippen LogP contribution in [0.1, 0.15) is 52.4 Å². The van der Waals surface area contributed by atoms with E-state index in [2.05, 4.69) is 5.32 Å². The van der Waals surface area contributed by atoms with Crippen molar-refractivity contribution in [3.8, 4) is 0 Å². The molecule has 3 nitrogen and oxygen atoms in total. The van der Waals surface area contributed by atoms with E-state index in [1.165, 1.54) is 0 Å². The number of alkyl halides is 3. The fourth-order valence-electron chi connectivity index (χ4n) is 2.74. The number of halogens is 3. The van der Waals surface area contributed by atoms with Crippen LogP contribution < -0.4 is 5.32 Å². The summed E-state index contributed by atoms with van der Waals surface area (Å²) in [4.78, 5) is 12.1. The average Bonchev–Trinajstić information content (AvgIpc) is 2.44. The van der Waals surface area contributed by atoms with Crippen molar-refractivity contribution in [3.05, 3.63) is 0 Å². The normalized spacial score (nSPS) is 24.5. The van der Waals surface area contributed by atoms with Crippen LogP contribution in [-0.4, -0.2) is 29.3 Å². The quantitative estimate of drug-likeness (QED) is 0.819. The van der Waals surface area contributed by atoms with Gasteiger partial charge in [-0.25, -0.2) is 0 Å². The first-order valence-electron chi connectivity index (χ1n) is 7.27. The molecule has 6 heteroatoms. The summed E-state index contributed by atoms with van der Waals surface area (Å²) in [7, 11) is 0. The smallest absolute Gasteiger partial charge is 0.391 e. The summed E-state index contributed by atoms with van der Waals surface area (Å²) >= 11 is 0. The van der Waals surface area contributed by atoms with Gasteiger partial charge in [-0.3, -0.25) is 4.79 Å². The van der Waals surface area contributed by atoms with E-state index in [-0.39, 0.29) is 44.1 Å². The van der Waals surface area contributed by atoms with Crippen molar-refractivity contribution in [3.63, 3.8) is 0 Å². The molecule has 118 valence electrons. The summed E-state index contributed by atoms with van der Waals surface area (Å²) in [6, 6.07) is 0. The van der Waals surface area contributed by atoms with E-state index in [1.54, 1.807) is 0 Å². The van der Waals surface area contributed by atoms with Crippen LogP contribution in [0.15, 0.2) is 0 Å². The Hall–Kier alpha value is -0.780. The van der Waals surface area contributed by atoms with Crippen LogP contribution in [0, 0.1) is 11.8 Å². The number of nitrogens with one attached hydrogen (secondary N) is 1. The first-order valence-corrected chi connectivity index (χ1v) is 7.27. The van der Waals surface area contributed by atoms with Gasteiger partial charge in [-0.15, -0.1) is 0 Å². The Kier molecular flexibility index (Phi) is 5.86. The predicted octanol–water partition coefficient (Wildman–Crippen LogP) is 3.02. The summed E-state index contributed by atoms with van der Waals surface area (Å²) in [6.45, 7) is 3.60. The van der Waals surface area contributed by atoms with Gasteiger partial charge in [0.25, 0.3) is 0 Å². The summed E-state index contributed by atoms with van der Waals surface area (Å²) in [5.41, 5.74) is -0.641. The van der Waals surface area contributed by atoms with Crippen molar-refractivity contribution >= 4 is 5.91 Å². The zero-order valence-electron chi connectivity index (χ0n) is 12.1. The molecule has 1 rings (SSSR count). The zero-order chi connectivity index (χ0) is 15.4. The molecular weight excluding hydrogens is 271 g/mol. The number of aliphatic hydroxyl groups is 1. The number of amides is 1. The summed E-state index contributed by atoms with van der Waals surface area (Å²) in [5.74, 6) is -1.85. The van der Waals surface area contributed by atoms with E-state index in [9.17, 15) is 23.1 Å². The molecule has 0 spiro atoms. The van der Waals surface area contributed by atoms with E-state index in [4.69, 9.17) is 0 Å². The SMILES string of the molecule is CCC(CC)(CO)NC(=O)C1CCC(C(F)(F)F)CC1. The first kappa shape index (κ1) is 17.3. The van der Waals surface area contributed by atoms with E-state index in [0.29, 0.717) is 12.8 Å². The lowest BCUT2D eigenvalue weighted by Crippen LogP contribution is -2.52. The van der Waals surface area contributed by atoms with Gasteiger partial charge in [0.15, 0.2) is 0 Å². The third kappa shape index (κ3) is 4.11. The van der Waals surface area contributed by atoms with E-state index < -0.39 is 17.6 Å². The Morgan fingerprint density at radius 2 is 1.65 bits per heavy atom. The molecule has 0 radical (unpaired) electrons. The minimum Gasteiger partial charge on any atom is -0.394 e. The molecule has 1 saturated carbocycles. The van der Waals surface area contributed by atoms with Crippen molar-refractivity contribution in [2.45, 2.75) is 64.1 Å². The maximum Gasteiger partial charge on any atom is 0.391 e. The Morgan fingerprint density at radius 1 is 1.15 bits per heavy atom. The molecule has 0 atom stereocenters. The van der Waals surface area contributed by atoms with Crippen molar-refractivity contribution in [2.24, 2.45) is 11.8 Å². The molecule has 0 heterocycles. The largest absolute Gasteiger partial charge is 0.394 e. The van der Waals surface area contributed by atoms with Crippen LogP contribution in [-0.2, 0) is 4.79 Å². The van der Waals surface area contributed by atoms with E-state index >= 15 is 0 Å². The summed E-state index contributed by atoms with van der Waals surface area (Å²) < 4.78 is 37.7. The number of hydrogen-bond acceptors (Lipinski definition) is 2. The number of hydrogen-bond donors (Lipinski definition) is 2. The van der Waals surface area contributed by atoms with Crippen LogP contribution in [0.5, 0.6) is 0 Å². The van der Waals surface area contributed by atoms with E-state index in [1.807, 2.05) is 13.8 Å². The molecule has 0 unspecified atom stereocenters. The Bertz CT molecular complexity index is 311. The molecule has 1 fully saturated rings. The average molecular weight is 295 g/mol. The Morgan fingerprint density at radius 3 is 2.00 bits per heavy atom. The number of carbonyl (C=O) groups is 1. The third-order valence-corrected chi connectivity index (χ3v) is 4.61. The lowest BCUT2D eigenvalue weighted by Gasteiger charge is -2.35. The van der Waals surface area contributed by atoms with Crippen LogP contribution in [0.2, 0.25) is 0 Å². The van der Waals surface area contributed by atoms with Gasteiger partial charge in [0.2, 0.25) is 5.91 Å². The van der Waals surface area contributed by atoms with E-state index in [0.717, 1.165) is 0 Å².